The summed E-state index contributed by atoms with van der Waals surface area (Å²) in [6.07, 6.45) is -3.04. The molecule has 1 aromatic carbocycles. The molecule has 1 atom stereocenters. The third kappa shape index (κ3) is 4.15. The monoisotopic (exact) mass is 379 g/mol. The van der Waals surface area contributed by atoms with Crippen LogP contribution in [0.3, 0.4) is 0 Å². The third-order valence-electron chi connectivity index (χ3n) is 3.95. The second-order valence-corrected chi connectivity index (χ2v) is 5.86. The molecule has 1 amide bonds. The molecule has 0 aliphatic heterocycles. The van der Waals surface area contributed by atoms with E-state index in [1.807, 2.05) is 0 Å². The number of alkyl halides is 3. The molecule has 1 unspecified atom stereocenters. The average Bonchev–Trinajstić information content (AvgIpc) is 3.31. The number of nitrogens with zero attached hydrogens (tertiary/aromatic N) is 4. The van der Waals surface area contributed by atoms with Crippen molar-refractivity contribution in [2.75, 3.05) is 7.05 Å². The Morgan fingerprint density at radius 2 is 1.96 bits per heavy atom. The number of halogens is 3. The van der Waals surface area contributed by atoms with E-state index >= 15 is 0 Å². The average molecular weight is 379 g/mol. The smallest absolute Gasteiger partial charge is 0.359 e. The van der Waals surface area contributed by atoms with Crippen molar-refractivity contribution in [2.45, 2.75) is 25.6 Å². The van der Waals surface area contributed by atoms with Crippen molar-refractivity contribution in [2.24, 2.45) is 0 Å². The van der Waals surface area contributed by atoms with E-state index in [2.05, 4.69) is 20.6 Å². The van der Waals surface area contributed by atoms with Gasteiger partial charge in [-0.25, -0.2) is 0 Å². The maximum absolute atomic E-state index is 12.7. The van der Waals surface area contributed by atoms with E-state index in [9.17, 15) is 18.0 Å². The molecule has 0 bridgehead atoms. The molecule has 10 heteroatoms. The highest BCUT2D eigenvalue weighted by Crippen LogP contribution is 2.29. The van der Waals surface area contributed by atoms with Gasteiger partial charge in [-0.2, -0.15) is 23.3 Å². The van der Waals surface area contributed by atoms with Crippen LogP contribution in [0.1, 0.15) is 30.1 Å². The minimum absolute atomic E-state index is 0.101. The van der Waals surface area contributed by atoms with Gasteiger partial charge in [-0.05, 0) is 18.6 Å². The lowest BCUT2D eigenvalue weighted by atomic mass is 10.1. The third-order valence-corrected chi connectivity index (χ3v) is 3.95. The molecule has 0 aliphatic rings. The molecule has 3 aromatic rings. The van der Waals surface area contributed by atoms with Gasteiger partial charge in [0.2, 0.25) is 11.7 Å². The van der Waals surface area contributed by atoms with Gasteiger partial charge in [0.1, 0.15) is 6.04 Å². The summed E-state index contributed by atoms with van der Waals surface area (Å²) in [5, 5.41) is 9.92. The second kappa shape index (κ2) is 7.22. The largest absolute Gasteiger partial charge is 0.435 e. The Bertz CT molecular complexity index is 931. The van der Waals surface area contributed by atoms with Crippen molar-refractivity contribution < 1.29 is 22.5 Å². The molecule has 2 heterocycles. The van der Waals surface area contributed by atoms with Crippen LogP contribution in [0.15, 0.2) is 41.1 Å². The second-order valence-electron chi connectivity index (χ2n) is 5.86. The maximum Gasteiger partial charge on any atom is 0.435 e. The lowest BCUT2D eigenvalue weighted by Gasteiger charge is -2.07. The van der Waals surface area contributed by atoms with Crippen molar-refractivity contribution >= 4 is 5.91 Å². The van der Waals surface area contributed by atoms with Crippen molar-refractivity contribution in [3.05, 3.63) is 53.7 Å². The van der Waals surface area contributed by atoms with Crippen LogP contribution in [0.5, 0.6) is 0 Å². The number of hydrogen-bond donors (Lipinski definition) is 1. The number of carbonyl (C=O) groups is 1. The maximum atomic E-state index is 12.7. The van der Waals surface area contributed by atoms with Gasteiger partial charge >= 0.3 is 6.18 Å². The fourth-order valence-electron chi connectivity index (χ4n) is 2.39. The number of nitrogens with one attached hydrogen (secondary N) is 1. The summed E-state index contributed by atoms with van der Waals surface area (Å²) >= 11 is 0. The first-order valence-electron chi connectivity index (χ1n) is 8.04. The molecule has 0 spiro atoms. The number of rotatable bonds is 5. The Morgan fingerprint density at radius 1 is 1.26 bits per heavy atom. The molecule has 1 N–H and O–H groups in total. The van der Waals surface area contributed by atoms with Gasteiger partial charge in [-0.3, -0.25) is 9.48 Å². The quantitative estimate of drug-likeness (QED) is 0.737. The molecule has 0 aliphatic carbocycles. The Labute approximate surface area is 152 Å². The molecule has 0 saturated heterocycles. The van der Waals surface area contributed by atoms with E-state index in [0.29, 0.717) is 11.4 Å². The summed E-state index contributed by atoms with van der Waals surface area (Å²) in [6, 6.07) is 7.26. The fraction of sp³-hybridized carbons (Fsp3) is 0.294. The van der Waals surface area contributed by atoms with Crippen LogP contribution in [-0.2, 0) is 17.4 Å². The zero-order valence-corrected chi connectivity index (χ0v) is 14.5. The van der Waals surface area contributed by atoms with Gasteiger partial charge in [0, 0.05) is 18.8 Å². The van der Waals surface area contributed by atoms with E-state index in [1.54, 1.807) is 38.2 Å². The van der Waals surface area contributed by atoms with Gasteiger partial charge < -0.3 is 9.84 Å². The molecule has 3 rings (SSSR count). The van der Waals surface area contributed by atoms with E-state index in [0.717, 1.165) is 16.3 Å². The lowest BCUT2D eigenvalue weighted by molar-refractivity contribution is -0.141. The first-order chi connectivity index (χ1) is 12.8. The number of likely N-dealkylation sites (N-methyl/N-ethyl adjacent to an activating group) is 1. The molecule has 0 radical (unpaired) electrons. The van der Waals surface area contributed by atoms with E-state index in [1.165, 1.54) is 6.20 Å². The van der Waals surface area contributed by atoms with E-state index in [4.69, 9.17) is 4.52 Å². The summed E-state index contributed by atoms with van der Waals surface area (Å²) < 4.78 is 44.3. The van der Waals surface area contributed by atoms with Crippen molar-refractivity contribution in [1.29, 1.82) is 0 Å². The Hall–Kier alpha value is -3.17. The highest BCUT2D eigenvalue weighted by Gasteiger charge is 2.34. The van der Waals surface area contributed by atoms with Crippen molar-refractivity contribution in [3.63, 3.8) is 0 Å². The van der Waals surface area contributed by atoms with Gasteiger partial charge in [0.25, 0.3) is 5.89 Å². The first-order valence-corrected chi connectivity index (χ1v) is 8.04. The van der Waals surface area contributed by atoms with Crippen LogP contribution < -0.4 is 5.32 Å². The molecule has 0 fully saturated rings. The SMILES string of the molecule is CNC(=O)Cc1ccc(-c2noc(C(C)n3ccc(C(F)(F)F)n3)n2)cc1. The zero-order valence-electron chi connectivity index (χ0n) is 14.5. The summed E-state index contributed by atoms with van der Waals surface area (Å²) in [6.45, 7) is 1.61. The van der Waals surface area contributed by atoms with Gasteiger partial charge in [-0.15, -0.1) is 0 Å². The lowest BCUT2D eigenvalue weighted by Crippen LogP contribution is -2.19. The number of benzene rings is 1. The van der Waals surface area contributed by atoms with Crippen LogP contribution in [0, 0.1) is 0 Å². The van der Waals surface area contributed by atoms with E-state index in [-0.39, 0.29) is 18.2 Å². The number of carbonyl (C=O) groups excluding carboxylic acids is 1. The Morgan fingerprint density at radius 3 is 2.56 bits per heavy atom. The van der Waals surface area contributed by atoms with Crippen LogP contribution in [0.2, 0.25) is 0 Å². The minimum atomic E-state index is -4.51. The van der Waals surface area contributed by atoms with Gasteiger partial charge in [0.15, 0.2) is 5.69 Å². The molecular weight excluding hydrogens is 363 g/mol. The Kier molecular flexibility index (Phi) is 4.98. The zero-order chi connectivity index (χ0) is 19.6. The molecule has 142 valence electrons. The highest BCUT2D eigenvalue weighted by molar-refractivity contribution is 5.78. The summed E-state index contributed by atoms with van der Waals surface area (Å²) in [5.74, 6) is 0.332. The van der Waals surface area contributed by atoms with Gasteiger partial charge in [-0.1, -0.05) is 29.4 Å². The molecular formula is C17H16F3N5O2. The number of amides is 1. The van der Waals surface area contributed by atoms with Crippen LogP contribution in [-0.4, -0.2) is 32.9 Å². The van der Waals surface area contributed by atoms with Crippen molar-refractivity contribution in [3.8, 4) is 11.4 Å². The molecule has 27 heavy (non-hydrogen) atoms. The molecule has 7 nitrogen and oxygen atoms in total. The predicted molar refractivity (Wildman–Crippen MR) is 88.5 cm³/mol. The summed E-state index contributed by atoms with van der Waals surface area (Å²) in [5.41, 5.74) is 0.501. The van der Waals surface area contributed by atoms with Crippen LogP contribution in [0.4, 0.5) is 13.2 Å². The van der Waals surface area contributed by atoms with E-state index < -0.39 is 17.9 Å². The minimum Gasteiger partial charge on any atom is -0.359 e. The number of hydrogen-bond acceptors (Lipinski definition) is 5. The topological polar surface area (TPSA) is 85.8 Å². The van der Waals surface area contributed by atoms with Crippen LogP contribution in [0.25, 0.3) is 11.4 Å². The molecule has 2 aromatic heterocycles. The highest BCUT2D eigenvalue weighted by atomic mass is 19.4. The summed E-state index contributed by atoms with van der Waals surface area (Å²) in [4.78, 5) is 15.6. The fourth-order valence-corrected chi connectivity index (χ4v) is 2.39. The number of aromatic nitrogens is 4. The van der Waals surface area contributed by atoms with Gasteiger partial charge in [0.05, 0.1) is 6.42 Å². The van der Waals surface area contributed by atoms with Crippen molar-refractivity contribution in [1.82, 2.24) is 25.2 Å². The standard InChI is InChI=1S/C17H16F3N5O2/c1-10(25-8-7-13(23-25)17(18,19)20)16-22-15(24-27-16)12-5-3-11(4-6-12)9-14(26)21-2/h3-8,10H,9H2,1-2H3,(H,21,26). The first kappa shape index (κ1) is 18.6. The Balaban J connectivity index is 1.76. The predicted octanol–water partition coefficient (Wildman–Crippen LogP) is 2.85. The summed E-state index contributed by atoms with van der Waals surface area (Å²) in [7, 11) is 1.57. The van der Waals surface area contributed by atoms with Crippen LogP contribution >= 0.6 is 0 Å². The normalized spacial score (nSPS) is 12.8. The molecule has 0 saturated carbocycles.